The minimum absolute atomic E-state index is 1.08. The summed E-state index contributed by atoms with van der Waals surface area (Å²) in [5.41, 5.74) is 4.66. The smallest absolute Gasteiger partial charge is 0.0565 e. The van der Waals surface area contributed by atoms with E-state index in [1.807, 2.05) is 19.3 Å². The number of hydrogen-bond acceptors (Lipinski definition) is 1. The fraction of sp³-hybridized carbons (Fsp3) is 0.300. The zero-order valence-electron chi connectivity index (χ0n) is 7.81. The molecule has 0 aliphatic rings. The first-order valence-corrected chi connectivity index (χ1v) is 3.95. The van der Waals surface area contributed by atoms with Crippen molar-refractivity contribution in [3.05, 3.63) is 35.7 Å². The zero-order valence-corrected chi connectivity index (χ0v) is 7.81. The van der Waals surface area contributed by atoms with Crippen molar-refractivity contribution in [2.24, 2.45) is 0 Å². The normalized spacial score (nSPS) is 9.58. The number of allylic oxidation sites excluding steroid dienone is 3. The predicted octanol–water partition coefficient (Wildman–Crippen LogP) is 2.78. The molecule has 12 heavy (non-hydrogen) atoms. The maximum absolute atomic E-state index is 3.93. The summed E-state index contributed by atoms with van der Waals surface area (Å²) in [6, 6.07) is 0. The largest absolute Gasteiger partial charge is 0.285 e. The second-order valence-corrected chi connectivity index (χ2v) is 3.14. The quantitative estimate of drug-likeness (QED) is 0.665. The van der Waals surface area contributed by atoms with Crippen LogP contribution in [0.15, 0.2) is 30.1 Å². The van der Waals surface area contributed by atoms with Gasteiger partial charge in [-0.05, 0) is 26.3 Å². The van der Waals surface area contributed by atoms with E-state index in [1.165, 1.54) is 11.1 Å². The molecular formula is C10H14N2. The fourth-order valence-electron chi connectivity index (χ4n) is 1.35. The van der Waals surface area contributed by atoms with E-state index in [2.05, 4.69) is 30.6 Å². The van der Waals surface area contributed by atoms with Gasteiger partial charge in [0.1, 0.15) is 0 Å². The molecule has 0 unspecified atom stereocenters. The number of rotatable bonds is 2. The summed E-state index contributed by atoms with van der Waals surface area (Å²) in [5.74, 6) is 0. The molecule has 1 aromatic heterocycles. The minimum Gasteiger partial charge on any atom is -0.285 e. The van der Waals surface area contributed by atoms with Gasteiger partial charge in [0.15, 0.2) is 0 Å². The standard InChI is InChI=1S/C10H14N2/c1-7(2)10(8(3)4)9-5-11-12-6-9/h5-6H,1H2,2-4H3,(H,11,12). The predicted molar refractivity (Wildman–Crippen MR) is 51.7 cm³/mol. The van der Waals surface area contributed by atoms with E-state index in [4.69, 9.17) is 0 Å². The van der Waals surface area contributed by atoms with Gasteiger partial charge in [-0.2, -0.15) is 5.10 Å². The molecule has 0 fully saturated rings. The Balaban J connectivity index is 3.15. The molecule has 0 atom stereocenters. The van der Waals surface area contributed by atoms with Crippen molar-refractivity contribution < 1.29 is 0 Å². The van der Waals surface area contributed by atoms with Crippen molar-refractivity contribution in [1.82, 2.24) is 10.2 Å². The highest BCUT2D eigenvalue weighted by Gasteiger charge is 2.04. The van der Waals surface area contributed by atoms with Crippen LogP contribution in [-0.4, -0.2) is 10.2 Å². The van der Waals surface area contributed by atoms with E-state index in [0.29, 0.717) is 0 Å². The van der Waals surface area contributed by atoms with Gasteiger partial charge in [-0.3, -0.25) is 5.10 Å². The molecule has 64 valence electrons. The van der Waals surface area contributed by atoms with Crippen molar-refractivity contribution in [3.8, 4) is 0 Å². The highest BCUT2D eigenvalue weighted by Crippen LogP contribution is 2.23. The van der Waals surface area contributed by atoms with Crippen LogP contribution < -0.4 is 0 Å². The van der Waals surface area contributed by atoms with Crippen LogP contribution in [-0.2, 0) is 0 Å². The van der Waals surface area contributed by atoms with Crippen LogP contribution in [0.2, 0.25) is 0 Å². The number of aromatic nitrogens is 2. The van der Waals surface area contributed by atoms with Gasteiger partial charge in [0.05, 0.1) is 6.20 Å². The second kappa shape index (κ2) is 3.39. The third-order valence-corrected chi connectivity index (χ3v) is 1.71. The third-order valence-electron chi connectivity index (χ3n) is 1.71. The van der Waals surface area contributed by atoms with Crippen LogP contribution in [0.5, 0.6) is 0 Å². The first kappa shape index (κ1) is 8.78. The molecule has 0 aliphatic carbocycles. The molecule has 0 saturated carbocycles. The number of aromatic amines is 1. The van der Waals surface area contributed by atoms with Gasteiger partial charge < -0.3 is 0 Å². The van der Waals surface area contributed by atoms with Crippen LogP contribution in [0.1, 0.15) is 26.3 Å². The number of nitrogens with one attached hydrogen (secondary N) is 1. The summed E-state index contributed by atoms with van der Waals surface area (Å²) in [6.07, 6.45) is 3.70. The van der Waals surface area contributed by atoms with Gasteiger partial charge in [-0.25, -0.2) is 0 Å². The van der Waals surface area contributed by atoms with E-state index >= 15 is 0 Å². The van der Waals surface area contributed by atoms with Crippen molar-refractivity contribution in [3.63, 3.8) is 0 Å². The second-order valence-electron chi connectivity index (χ2n) is 3.14. The molecule has 0 spiro atoms. The Bertz CT molecular complexity index is 301. The first-order valence-electron chi connectivity index (χ1n) is 3.95. The molecule has 2 heteroatoms. The Kier molecular flexibility index (Phi) is 2.48. The summed E-state index contributed by atoms with van der Waals surface area (Å²) in [7, 11) is 0. The molecule has 0 radical (unpaired) electrons. The third kappa shape index (κ3) is 1.64. The van der Waals surface area contributed by atoms with Gasteiger partial charge in [-0.1, -0.05) is 17.7 Å². The van der Waals surface area contributed by atoms with Crippen molar-refractivity contribution in [1.29, 1.82) is 0 Å². The number of nitrogens with zero attached hydrogens (tertiary/aromatic N) is 1. The van der Waals surface area contributed by atoms with Crippen LogP contribution in [0.4, 0.5) is 0 Å². The highest BCUT2D eigenvalue weighted by molar-refractivity contribution is 5.79. The van der Waals surface area contributed by atoms with Gasteiger partial charge in [-0.15, -0.1) is 0 Å². The average molecular weight is 162 g/mol. The molecule has 2 nitrogen and oxygen atoms in total. The molecule has 0 aliphatic heterocycles. The molecule has 0 saturated heterocycles. The SMILES string of the molecule is C=C(C)C(=C(C)C)c1cn[nH]c1. The monoisotopic (exact) mass is 162 g/mol. The zero-order chi connectivity index (χ0) is 9.14. The van der Waals surface area contributed by atoms with E-state index in [0.717, 1.165) is 11.1 Å². The van der Waals surface area contributed by atoms with Gasteiger partial charge in [0, 0.05) is 11.8 Å². The fourth-order valence-corrected chi connectivity index (χ4v) is 1.35. The van der Waals surface area contributed by atoms with Crippen molar-refractivity contribution in [2.45, 2.75) is 20.8 Å². The summed E-state index contributed by atoms with van der Waals surface area (Å²) in [5, 5.41) is 6.70. The summed E-state index contributed by atoms with van der Waals surface area (Å²) >= 11 is 0. The Labute approximate surface area is 73.0 Å². The van der Waals surface area contributed by atoms with E-state index < -0.39 is 0 Å². The summed E-state index contributed by atoms with van der Waals surface area (Å²) < 4.78 is 0. The number of H-pyrrole nitrogens is 1. The molecule has 0 amide bonds. The molecule has 1 N–H and O–H groups in total. The lowest BCUT2D eigenvalue weighted by Crippen LogP contribution is -1.85. The van der Waals surface area contributed by atoms with Crippen molar-refractivity contribution in [2.75, 3.05) is 0 Å². The maximum atomic E-state index is 3.93. The van der Waals surface area contributed by atoms with Crippen LogP contribution in [0, 0.1) is 0 Å². The topological polar surface area (TPSA) is 28.7 Å². The van der Waals surface area contributed by atoms with Crippen LogP contribution in [0.3, 0.4) is 0 Å². The number of hydrogen-bond donors (Lipinski definition) is 1. The van der Waals surface area contributed by atoms with E-state index in [-0.39, 0.29) is 0 Å². The van der Waals surface area contributed by atoms with E-state index in [1.54, 1.807) is 0 Å². The lowest BCUT2D eigenvalue weighted by Gasteiger charge is -2.05. The molecule has 0 bridgehead atoms. The lowest BCUT2D eigenvalue weighted by atomic mass is 9.99. The van der Waals surface area contributed by atoms with Gasteiger partial charge in [0.2, 0.25) is 0 Å². The molecule has 1 heterocycles. The minimum atomic E-state index is 1.08. The van der Waals surface area contributed by atoms with Crippen LogP contribution >= 0.6 is 0 Å². The summed E-state index contributed by atoms with van der Waals surface area (Å²) in [6.45, 7) is 10.1. The Morgan fingerprint density at radius 3 is 2.42 bits per heavy atom. The van der Waals surface area contributed by atoms with Gasteiger partial charge >= 0.3 is 0 Å². The maximum Gasteiger partial charge on any atom is 0.0565 e. The Morgan fingerprint density at radius 2 is 2.08 bits per heavy atom. The molecule has 0 aromatic carbocycles. The van der Waals surface area contributed by atoms with Gasteiger partial charge in [0.25, 0.3) is 0 Å². The Hall–Kier alpha value is -1.31. The summed E-state index contributed by atoms with van der Waals surface area (Å²) in [4.78, 5) is 0. The lowest BCUT2D eigenvalue weighted by molar-refractivity contribution is 1.09. The average Bonchev–Trinajstić information content (AvgIpc) is 2.37. The Morgan fingerprint density at radius 1 is 1.42 bits per heavy atom. The molecule has 1 aromatic rings. The molecule has 1 rings (SSSR count). The van der Waals surface area contributed by atoms with Crippen molar-refractivity contribution >= 4 is 5.57 Å². The molecular weight excluding hydrogens is 148 g/mol. The highest BCUT2D eigenvalue weighted by atomic mass is 15.1. The van der Waals surface area contributed by atoms with Crippen LogP contribution in [0.25, 0.3) is 5.57 Å². The first-order chi connectivity index (χ1) is 5.63. The van der Waals surface area contributed by atoms with E-state index in [9.17, 15) is 0 Å².